The highest BCUT2D eigenvalue weighted by molar-refractivity contribution is 7.92. The van der Waals surface area contributed by atoms with E-state index in [1.807, 2.05) is 19.1 Å². The monoisotopic (exact) mass is 388 g/mol. The number of amides is 1. The number of hydrogen-bond acceptors (Lipinski definition) is 5. The maximum atomic E-state index is 12.0. The van der Waals surface area contributed by atoms with Crippen molar-refractivity contribution in [2.24, 2.45) is 5.73 Å². The number of hydrogen-bond donors (Lipinski definition) is 2. The fraction of sp³-hybridized carbons (Fsp3) is 0.158. The Bertz CT molecular complexity index is 922. The topological polar surface area (TPSA) is 116 Å². The van der Waals surface area contributed by atoms with Crippen molar-refractivity contribution in [3.05, 3.63) is 76.7 Å². The van der Waals surface area contributed by atoms with Crippen LogP contribution in [0.2, 0.25) is 0 Å². The second-order valence-electron chi connectivity index (χ2n) is 5.76. The standard InChI is InChI=1S/C19H20N2O5S/c1-14-7-9-15(10-8-14)11-12-27(24,25)21-13-17(22)26-18(19(20)23)16-5-3-2-4-6-16/h2-12,18,21H,13H2,1H3,(H2,20,23)/b12-11+. The highest BCUT2D eigenvalue weighted by Gasteiger charge is 2.22. The van der Waals surface area contributed by atoms with Crippen LogP contribution in [0.15, 0.2) is 60.0 Å². The maximum absolute atomic E-state index is 12.0. The van der Waals surface area contributed by atoms with Gasteiger partial charge in [-0.1, -0.05) is 60.2 Å². The predicted octanol–water partition coefficient (Wildman–Crippen LogP) is 1.65. The van der Waals surface area contributed by atoms with E-state index in [-0.39, 0.29) is 0 Å². The Morgan fingerprint density at radius 3 is 2.33 bits per heavy atom. The average Bonchev–Trinajstić information content (AvgIpc) is 2.64. The van der Waals surface area contributed by atoms with Crippen LogP contribution in [0.1, 0.15) is 22.8 Å². The largest absolute Gasteiger partial charge is 0.446 e. The van der Waals surface area contributed by atoms with Gasteiger partial charge in [0.2, 0.25) is 16.1 Å². The zero-order chi connectivity index (χ0) is 19.9. The van der Waals surface area contributed by atoms with Gasteiger partial charge in [0.1, 0.15) is 6.54 Å². The van der Waals surface area contributed by atoms with Crippen LogP contribution in [0.3, 0.4) is 0 Å². The number of carbonyl (C=O) groups excluding carboxylic acids is 2. The molecule has 142 valence electrons. The minimum atomic E-state index is -3.85. The molecule has 0 aliphatic carbocycles. The van der Waals surface area contributed by atoms with Crippen LogP contribution in [0, 0.1) is 6.92 Å². The zero-order valence-electron chi connectivity index (χ0n) is 14.7. The van der Waals surface area contributed by atoms with Crippen molar-refractivity contribution in [2.75, 3.05) is 6.54 Å². The van der Waals surface area contributed by atoms with Gasteiger partial charge in [-0.15, -0.1) is 0 Å². The molecule has 1 unspecified atom stereocenters. The van der Waals surface area contributed by atoms with Crippen molar-refractivity contribution in [3.63, 3.8) is 0 Å². The SMILES string of the molecule is Cc1ccc(/C=C/S(=O)(=O)NCC(=O)OC(C(N)=O)c2ccccc2)cc1. The van der Waals surface area contributed by atoms with Crippen molar-refractivity contribution in [2.45, 2.75) is 13.0 Å². The minimum absolute atomic E-state index is 0.403. The van der Waals surface area contributed by atoms with Crippen LogP contribution in [0.25, 0.3) is 6.08 Å². The Labute approximate surface area is 157 Å². The third-order valence-electron chi connectivity index (χ3n) is 3.54. The molecule has 1 amide bonds. The van der Waals surface area contributed by atoms with Gasteiger partial charge in [0.25, 0.3) is 5.91 Å². The van der Waals surface area contributed by atoms with Gasteiger partial charge in [-0.2, -0.15) is 0 Å². The Hall–Kier alpha value is -2.97. The first-order chi connectivity index (χ1) is 12.8. The fourth-order valence-corrected chi connectivity index (χ4v) is 2.90. The van der Waals surface area contributed by atoms with Crippen molar-refractivity contribution >= 4 is 28.0 Å². The molecule has 0 aromatic heterocycles. The van der Waals surface area contributed by atoms with Crippen LogP contribution >= 0.6 is 0 Å². The molecule has 0 saturated carbocycles. The number of ether oxygens (including phenoxy) is 1. The van der Waals surface area contributed by atoms with E-state index in [4.69, 9.17) is 10.5 Å². The van der Waals surface area contributed by atoms with Gasteiger partial charge in [0.15, 0.2) is 0 Å². The average molecular weight is 388 g/mol. The Morgan fingerprint density at radius 1 is 1.11 bits per heavy atom. The lowest BCUT2D eigenvalue weighted by molar-refractivity contribution is -0.154. The Morgan fingerprint density at radius 2 is 1.74 bits per heavy atom. The summed E-state index contributed by atoms with van der Waals surface area (Å²) in [7, 11) is -3.85. The van der Waals surface area contributed by atoms with Gasteiger partial charge in [-0.3, -0.25) is 9.59 Å². The molecular weight excluding hydrogens is 368 g/mol. The molecule has 0 heterocycles. The van der Waals surface area contributed by atoms with Crippen molar-refractivity contribution in [3.8, 4) is 0 Å². The summed E-state index contributed by atoms with van der Waals surface area (Å²) in [6.07, 6.45) is 0.120. The number of nitrogens with two attached hydrogens (primary N) is 1. The highest BCUT2D eigenvalue weighted by Crippen LogP contribution is 2.16. The number of primary amides is 1. The molecule has 0 aliphatic rings. The molecule has 0 saturated heterocycles. The van der Waals surface area contributed by atoms with Crippen LogP contribution in [-0.2, 0) is 24.3 Å². The van der Waals surface area contributed by atoms with Gasteiger partial charge >= 0.3 is 5.97 Å². The fourth-order valence-electron chi connectivity index (χ4n) is 2.14. The van der Waals surface area contributed by atoms with E-state index in [1.54, 1.807) is 42.5 Å². The Kier molecular flexibility index (Phi) is 6.86. The van der Waals surface area contributed by atoms with Crippen LogP contribution < -0.4 is 10.5 Å². The molecule has 0 spiro atoms. The number of nitrogens with one attached hydrogen (secondary N) is 1. The lowest BCUT2D eigenvalue weighted by atomic mass is 10.1. The molecule has 27 heavy (non-hydrogen) atoms. The summed E-state index contributed by atoms with van der Waals surface area (Å²) in [5.41, 5.74) is 7.41. The molecule has 2 rings (SSSR count). The van der Waals surface area contributed by atoms with Crippen LogP contribution in [0.4, 0.5) is 0 Å². The number of rotatable bonds is 8. The van der Waals surface area contributed by atoms with Gasteiger partial charge in [0, 0.05) is 11.0 Å². The molecule has 8 heteroatoms. The number of aryl methyl sites for hydroxylation is 1. The summed E-state index contributed by atoms with van der Waals surface area (Å²) in [5.74, 6) is -1.77. The molecule has 0 aliphatic heterocycles. The molecule has 1 atom stereocenters. The minimum Gasteiger partial charge on any atom is -0.446 e. The van der Waals surface area contributed by atoms with E-state index < -0.39 is 34.5 Å². The zero-order valence-corrected chi connectivity index (χ0v) is 15.5. The van der Waals surface area contributed by atoms with Crippen molar-refractivity contribution in [1.29, 1.82) is 0 Å². The molecule has 2 aromatic rings. The van der Waals surface area contributed by atoms with Gasteiger partial charge < -0.3 is 10.5 Å². The van der Waals surface area contributed by atoms with Gasteiger partial charge in [-0.25, -0.2) is 13.1 Å². The van der Waals surface area contributed by atoms with E-state index in [0.717, 1.165) is 11.0 Å². The van der Waals surface area contributed by atoms with E-state index in [1.165, 1.54) is 6.08 Å². The number of esters is 1. The molecule has 3 N–H and O–H groups in total. The van der Waals surface area contributed by atoms with E-state index in [9.17, 15) is 18.0 Å². The summed E-state index contributed by atoms with van der Waals surface area (Å²) in [6.45, 7) is 1.30. The molecule has 7 nitrogen and oxygen atoms in total. The summed E-state index contributed by atoms with van der Waals surface area (Å²) in [4.78, 5) is 23.4. The first-order valence-corrected chi connectivity index (χ1v) is 9.59. The van der Waals surface area contributed by atoms with Crippen LogP contribution in [0.5, 0.6) is 0 Å². The number of carbonyl (C=O) groups is 2. The lowest BCUT2D eigenvalue weighted by Crippen LogP contribution is -2.33. The third kappa shape index (κ3) is 6.69. The molecule has 0 fully saturated rings. The smallest absolute Gasteiger partial charge is 0.322 e. The second-order valence-corrected chi connectivity index (χ2v) is 7.41. The summed E-state index contributed by atoms with van der Waals surface area (Å²) in [5, 5.41) is 0.952. The predicted molar refractivity (Wildman–Crippen MR) is 102 cm³/mol. The highest BCUT2D eigenvalue weighted by atomic mass is 32.2. The van der Waals surface area contributed by atoms with E-state index in [0.29, 0.717) is 11.1 Å². The molecule has 0 bridgehead atoms. The maximum Gasteiger partial charge on any atom is 0.322 e. The summed E-state index contributed by atoms with van der Waals surface area (Å²) in [6, 6.07) is 15.5. The van der Waals surface area contributed by atoms with Crippen LogP contribution in [-0.4, -0.2) is 26.8 Å². The first kappa shape index (κ1) is 20.3. The normalized spacial score (nSPS) is 12.6. The van der Waals surface area contributed by atoms with Gasteiger partial charge in [0.05, 0.1) is 0 Å². The Balaban J connectivity index is 1.94. The first-order valence-electron chi connectivity index (χ1n) is 8.05. The third-order valence-corrected chi connectivity index (χ3v) is 4.59. The number of benzene rings is 2. The van der Waals surface area contributed by atoms with E-state index in [2.05, 4.69) is 4.72 Å². The number of sulfonamides is 1. The quantitative estimate of drug-likeness (QED) is 0.667. The van der Waals surface area contributed by atoms with Gasteiger partial charge in [-0.05, 0) is 18.6 Å². The second kappa shape index (κ2) is 9.11. The summed E-state index contributed by atoms with van der Waals surface area (Å²) < 4.78 is 31.0. The molecule has 2 aromatic carbocycles. The lowest BCUT2D eigenvalue weighted by Gasteiger charge is -2.15. The summed E-state index contributed by atoms with van der Waals surface area (Å²) >= 11 is 0. The van der Waals surface area contributed by atoms with E-state index >= 15 is 0 Å². The molecule has 0 radical (unpaired) electrons. The van der Waals surface area contributed by atoms with Crippen molar-refractivity contribution < 1.29 is 22.7 Å². The molecular formula is C19H20N2O5S. The van der Waals surface area contributed by atoms with Crippen molar-refractivity contribution in [1.82, 2.24) is 4.72 Å².